The molecular weight excluding hydrogens is 288 g/mol. The minimum Gasteiger partial charge on any atom is -0.466 e. The highest BCUT2D eigenvalue weighted by atomic mass is 16.6. The Balaban J connectivity index is 2.10. The largest absolute Gasteiger partial charge is 0.466 e. The highest BCUT2D eigenvalue weighted by Gasteiger charge is 2.30. The van der Waals surface area contributed by atoms with Gasteiger partial charge in [0.1, 0.15) is 0 Å². The molecule has 1 aliphatic rings. The molecule has 1 saturated heterocycles. The molecular formula is C15H18N2O5. The number of hydrogen-bond acceptors (Lipinski definition) is 5. The normalized spacial score (nSPS) is 17.9. The van der Waals surface area contributed by atoms with Crippen molar-refractivity contribution in [3.05, 3.63) is 39.9 Å². The standard InChI is InChI=1S/C15H18N2O5/c1-2-22-15(19)12-6-4-8-16(10-12)14(18)11-5-3-7-13(9-11)17(20)21/h3,5,7,9,12H,2,4,6,8,10H2,1H3/t12-/m0/s1. The van der Waals surface area contributed by atoms with Crippen molar-refractivity contribution >= 4 is 17.6 Å². The third-order valence-electron chi connectivity index (χ3n) is 3.63. The number of benzene rings is 1. The van der Waals surface area contributed by atoms with Gasteiger partial charge in [0.2, 0.25) is 0 Å². The number of ether oxygens (including phenoxy) is 1. The average molecular weight is 306 g/mol. The van der Waals surface area contributed by atoms with Gasteiger partial charge in [0.05, 0.1) is 17.4 Å². The summed E-state index contributed by atoms with van der Waals surface area (Å²) in [7, 11) is 0. The fourth-order valence-corrected chi connectivity index (χ4v) is 2.55. The molecule has 118 valence electrons. The van der Waals surface area contributed by atoms with E-state index in [-0.39, 0.29) is 29.0 Å². The SMILES string of the molecule is CCOC(=O)[C@H]1CCCN(C(=O)c2cccc([N+](=O)[O-])c2)C1. The Morgan fingerprint density at radius 2 is 2.23 bits per heavy atom. The fraction of sp³-hybridized carbons (Fsp3) is 0.467. The van der Waals surface area contributed by atoms with Gasteiger partial charge in [-0.25, -0.2) is 0 Å². The first kappa shape index (κ1) is 15.9. The number of rotatable bonds is 4. The van der Waals surface area contributed by atoms with Crippen LogP contribution in [0.5, 0.6) is 0 Å². The number of nitro groups is 1. The fourth-order valence-electron chi connectivity index (χ4n) is 2.55. The van der Waals surface area contributed by atoms with Crippen LogP contribution in [0.2, 0.25) is 0 Å². The highest BCUT2D eigenvalue weighted by molar-refractivity contribution is 5.95. The average Bonchev–Trinajstić information content (AvgIpc) is 2.54. The summed E-state index contributed by atoms with van der Waals surface area (Å²) in [4.78, 5) is 36.1. The number of carbonyl (C=O) groups is 2. The number of hydrogen-bond donors (Lipinski definition) is 0. The Hall–Kier alpha value is -2.44. The van der Waals surface area contributed by atoms with Crippen LogP contribution in [0.1, 0.15) is 30.1 Å². The maximum atomic E-state index is 12.5. The molecule has 0 spiro atoms. The number of amides is 1. The number of piperidine rings is 1. The van der Waals surface area contributed by atoms with E-state index in [0.29, 0.717) is 32.5 Å². The number of likely N-dealkylation sites (tertiary alicyclic amines) is 1. The number of nitrogens with zero attached hydrogens (tertiary/aromatic N) is 2. The first-order valence-electron chi connectivity index (χ1n) is 7.23. The van der Waals surface area contributed by atoms with Crippen molar-refractivity contribution in [3.8, 4) is 0 Å². The molecule has 2 rings (SSSR count). The van der Waals surface area contributed by atoms with E-state index in [4.69, 9.17) is 4.74 Å². The predicted octanol–water partition coefficient (Wildman–Crippen LogP) is 2.01. The van der Waals surface area contributed by atoms with Crippen molar-refractivity contribution < 1.29 is 19.2 Å². The number of non-ortho nitro benzene ring substituents is 1. The van der Waals surface area contributed by atoms with Crippen molar-refractivity contribution in [1.82, 2.24) is 4.90 Å². The second-order valence-electron chi connectivity index (χ2n) is 5.15. The van der Waals surface area contributed by atoms with Gasteiger partial charge >= 0.3 is 5.97 Å². The summed E-state index contributed by atoms with van der Waals surface area (Å²) >= 11 is 0. The number of esters is 1. The first-order valence-corrected chi connectivity index (χ1v) is 7.23. The Bertz CT molecular complexity index is 587. The van der Waals surface area contributed by atoms with E-state index >= 15 is 0 Å². The molecule has 0 bridgehead atoms. The molecule has 7 nitrogen and oxygen atoms in total. The van der Waals surface area contributed by atoms with Crippen LogP contribution < -0.4 is 0 Å². The van der Waals surface area contributed by atoms with Crippen LogP contribution >= 0.6 is 0 Å². The second kappa shape index (κ2) is 7.02. The van der Waals surface area contributed by atoms with Crippen LogP contribution in [0.3, 0.4) is 0 Å². The minimum absolute atomic E-state index is 0.121. The van der Waals surface area contributed by atoms with Gasteiger partial charge in [0.25, 0.3) is 11.6 Å². The van der Waals surface area contributed by atoms with Gasteiger partial charge in [-0.15, -0.1) is 0 Å². The molecule has 1 amide bonds. The van der Waals surface area contributed by atoms with Gasteiger partial charge in [0, 0.05) is 30.8 Å². The molecule has 7 heteroatoms. The van der Waals surface area contributed by atoms with Crippen LogP contribution in [0.15, 0.2) is 24.3 Å². The van der Waals surface area contributed by atoms with E-state index in [1.54, 1.807) is 17.9 Å². The van der Waals surface area contributed by atoms with Crippen LogP contribution in [-0.4, -0.2) is 41.4 Å². The van der Waals surface area contributed by atoms with E-state index < -0.39 is 4.92 Å². The molecule has 0 aromatic heterocycles. The molecule has 1 atom stereocenters. The van der Waals surface area contributed by atoms with Crippen molar-refractivity contribution in [2.45, 2.75) is 19.8 Å². The molecule has 1 aliphatic heterocycles. The molecule has 0 unspecified atom stereocenters. The van der Waals surface area contributed by atoms with E-state index in [1.807, 2.05) is 0 Å². The first-order chi connectivity index (χ1) is 10.5. The van der Waals surface area contributed by atoms with E-state index in [2.05, 4.69) is 0 Å². The smallest absolute Gasteiger partial charge is 0.310 e. The lowest BCUT2D eigenvalue weighted by Crippen LogP contribution is -2.42. The molecule has 0 saturated carbocycles. The number of nitro benzene ring substituents is 1. The molecule has 0 N–H and O–H groups in total. The number of carbonyl (C=O) groups excluding carboxylic acids is 2. The van der Waals surface area contributed by atoms with Crippen molar-refractivity contribution in [2.75, 3.05) is 19.7 Å². The lowest BCUT2D eigenvalue weighted by Gasteiger charge is -2.31. The van der Waals surface area contributed by atoms with Crippen LogP contribution in [0.25, 0.3) is 0 Å². The Morgan fingerprint density at radius 1 is 1.45 bits per heavy atom. The van der Waals surface area contributed by atoms with Gasteiger partial charge in [-0.05, 0) is 25.8 Å². The Morgan fingerprint density at radius 3 is 2.91 bits per heavy atom. The second-order valence-corrected chi connectivity index (χ2v) is 5.15. The third-order valence-corrected chi connectivity index (χ3v) is 3.63. The third kappa shape index (κ3) is 3.60. The zero-order valence-corrected chi connectivity index (χ0v) is 12.4. The molecule has 0 aliphatic carbocycles. The van der Waals surface area contributed by atoms with Crippen LogP contribution in [0.4, 0.5) is 5.69 Å². The summed E-state index contributed by atoms with van der Waals surface area (Å²) in [6.45, 7) is 2.89. The lowest BCUT2D eigenvalue weighted by atomic mass is 9.97. The summed E-state index contributed by atoms with van der Waals surface area (Å²) in [5, 5.41) is 10.8. The summed E-state index contributed by atoms with van der Waals surface area (Å²) in [5.74, 6) is -0.909. The molecule has 1 fully saturated rings. The maximum absolute atomic E-state index is 12.5. The summed E-state index contributed by atoms with van der Waals surface area (Å²) in [6, 6.07) is 5.63. The monoisotopic (exact) mass is 306 g/mol. The maximum Gasteiger partial charge on any atom is 0.310 e. The Labute approximate surface area is 128 Å². The van der Waals surface area contributed by atoms with Gasteiger partial charge in [-0.2, -0.15) is 0 Å². The van der Waals surface area contributed by atoms with Gasteiger partial charge in [0.15, 0.2) is 0 Å². The molecule has 1 aromatic rings. The topological polar surface area (TPSA) is 89.8 Å². The lowest BCUT2D eigenvalue weighted by molar-refractivity contribution is -0.384. The van der Waals surface area contributed by atoms with E-state index in [0.717, 1.165) is 0 Å². The molecule has 1 heterocycles. The van der Waals surface area contributed by atoms with Crippen molar-refractivity contribution in [2.24, 2.45) is 5.92 Å². The Kier molecular flexibility index (Phi) is 5.08. The van der Waals surface area contributed by atoms with Gasteiger partial charge < -0.3 is 9.64 Å². The van der Waals surface area contributed by atoms with Gasteiger partial charge in [-0.3, -0.25) is 19.7 Å². The van der Waals surface area contributed by atoms with Crippen molar-refractivity contribution in [1.29, 1.82) is 0 Å². The summed E-state index contributed by atoms with van der Waals surface area (Å²) < 4.78 is 5.00. The van der Waals surface area contributed by atoms with Crippen LogP contribution in [-0.2, 0) is 9.53 Å². The quantitative estimate of drug-likeness (QED) is 0.482. The molecule has 1 aromatic carbocycles. The molecule has 0 radical (unpaired) electrons. The van der Waals surface area contributed by atoms with Gasteiger partial charge in [-0.1, -0.05) is 6.07 Å². The summed E-state index contributed by atoms with van der Waals surface area (Å²) in [5.41, 5.74) is 0.142. The van der Waals surface area contributed by atoms with Crippen LogP contribution in [0, 0.1) is 16.0 Å². The predicted molar refractivity (Wildman–Crippen MR) is 78.4 cm³/mol. The zero-order valence-electron chi connectivity index (χ0n) is 12.4. The van der Waals surface area contributed by atoms with E-state index in [9.17, 15) is 19.7 Å². The zero-order chi connectivity index (χ0) is 16.1. The molecule has 22 heavy (non-hydrogen) atoms. The van der Waals surface area contributed by atoms with Crippen molar-refractivity contribution in [3.63, 3.8) is 0 Å². The minimum atomic E-state index is -0.533. The summed E-state index contributed by atoms with van der Waals surface area (Å²) in [6.07, 6.45) is 1.40. The highest BCUT2D eigenvalue weighted by Crippen LogP contribution is 2.21. The van der Waals surface area contributed by atoms with E-state index in [1.165, 1.54) is 18.2 Å².